The van der Waals surface area contributed by atoms with E-state index in [0.717, 1.165) is 17.5 Å². The molecule has 0 atom stereocenters. The summed E-state index contributed by atoms with van der Waals surface area (Å²) in [5.41, 5.74) is 9.48. The van der Waals surface area contributed by atoms with Gasteiger partial charge in [0.15, 0.2) is 0 Å². The summed E-state index contributed by atoms with van der Waals surface area (Å²) < 4.78 is 13.8. The maximum absolute atomic E-state index is 13.8. The van der Waals surface area contributed by atoms with Gasteiger partial charge >= 0.3 is 0 Å². The van der Waals surface area contributed by atoms with Gasteiger partial charge in [0.2, 0.25) is 7.37 Å². The van der Waals surface area contributed by atoms with Crippen molar-refractivity contribution >= 4 is 7.37 Å². The molecule has 0 spiro atoms. The first-order valence-corrected chi connectivity index (χ1v) is 14.8. The van der Waals surface area contributed by atoms with Crippen molar-refractivity contribution in [2.45, 2.75) is 123 Å². The molecule has 0 fully saturated rings. The Labute approximate surface area is 209 Å². The minimum absolute atomic E-state index is 0.00691. The van der Waals surface area contributed by atoms with Gasteiger partial charge in [0, 0.05) is 0 Å². The van der Waals surface area contributed by atoms with E-state index in [9.17, 15) is 9.46 Å². The van der Waals surface area contributed by atoms with Crippen LogP contribution in [0.3, 0.4) is 0 Å². The summed E-state index contributed by atoms with van der Waals surface area (Å²) >= 11 is 0. The summed E-state index contributed by atoms with van der Waals surface area (Å²) in [5, 5.41) is 0. The number of rotatable bonds is 0. The van der Waals surface area contributed by atoms with E-state index in [1.54, 1.807) is 0 Å². The van der Waals surface area contributed by atoms with E-state index in [0.29, 0.717) is 0 Å². The third-order valence-corrected chi connectivity index (χ3v) is 8.84. The first-order valence-electron chi connectivity index (χ1n) is 12.7. The average Bonchev–Trinajstić information content (AvgIpc) is 2.58. The Balaban J connectivity index is 2.43. The highest BCUT2D eigenvalue weighted by atomic mass is 31.2. The van der Waals surface area contributed by atoms with E-state index in [2.05, 4.69) is 107 Å². The van der Waals surface area contributed by atoms with Crippen LogP contribution in [0.25, 0.3) is 0 Å². The zero-order valence-corrected chi connectivity index (χ0v) is 24.6. The summed E-state index contributed by atoms with van der Waals surface area (Å²) in [6.07, 6.45) is 1.32. The summed E-state index contributed by atoms with van der Waals surface area (Å²) in [6.45, 7) is 26.9. The van der Waals surface area contributed by atoms with Gasteiger partial charge in [-0.3, -0.25) is 4.57 Å². The lowest BCUT2D eigenvalue weighted by Gasteiger charge is -2.34. The predicted molar refractivity (Wildman–Crippen MR) is 148 cm³/mol. The minimum Gasteiger partial charge on any atom is -0.344 e. The molecule has 0 unspecified atom stereocenters. The topological polar surface area (TPSA) is 37.3 Å². The average molecular weight is 483 g/mol. The molecule has 3 rings (SSSR count). The Kier molecular flexibility index (Phi) is 6.68. The van der Waals surface area contributed by atoms with Gasteiger partial charge in [0.05, 0.1) is 12.3 Å². The molecule has 0 saturated carbocycles. The van der Waals surface area contributed by atoms with Crippen LogP contribution in [0, 0.1) is 0 Å². The van der Waals surface area contributed by atoms with Crippen LogP contribution in [0.4, 0.5) is 0 Å². The van der Waals surface area contributed by atoms with Crippen LogP contribution in [0.15, 0.2) is 24.3 Å². The van der Waals surface area contributed by atoms with Crippen molar-refractivity contribution < 1.29 is 9.46 Å². The highest BCUT2D eigenvalue weighted by Crippen LogP contribution is 2.54. The monoisotopic (exact) mass is 482 g/mol. The van der Waals surface area contributed by atoms with Crippen LogP contribution >= 0.6 is 7.37 Å². The zero-order chi connectivity index (χ0) is 26.1. The second-order valence-corrected chi connectivity index (χ2v) is 17.0. The maximum Gasteiger partial charge on any atom is 0.209 e. The standard InChI is InChI=1S/C31H47O2P/c1-28(2,3)22-14-20-13-21-15-23(29(4,5)6)17-27(31(10,11)12)25(21)19-34(32,33)18-24(20)26(16-22)30(7,8)9/h14-17H,13,18-19H2,1-12H3,(H,32,33). The van der Waals surface area contributed by atoms with Gasteiger partial charge in [-0.25, -0.2) is 0 Å². The van der Waals surface area contributed by atoms with E-state index in [4.69, 9.17) is 0 Å². The summed E-state index contributed by atoms with van der Waals surface area (Å²) in [4.78, 5) is 11.4. The molecular formula is C31H47O2P. The Hall–Kier alpha value is -1.37. The molecule has 1 aliphatic heterocycles. The molecule has 34 heavy (non-hydrogen) atoms. The van der Waals surface area contributed by atoms with Gasteiger partial charge in [-0.1, -0.05) is 107 Å². The van der Waals surface area contributed by atoms with Gasteiger partial charge in [0.1, 0.15) is 0 Å². The fourth-order valence-corrected chi connectivity index (χ4v) is 6.96. The molecule has 0 bridgehead atoms. The molecule has 2 nitrogen and oxygen atoms in total. The number of hydrogen-bond donors (Lipinski definition) is 1. The fraction of sp³-hybridized carbons (Fsp3) is 0.613. The summed E-state index contributed by atoms with van der Waals surface area (Å²) in [5.74, 6) is 0. The van der Waals surface area contributed by atoms with Crippen molar-refractivity contribution in [2.24, 2.45) is 0 Å². The Morgan fingerprint density at radius 1 is 0.588 bits per heavy atom. The smallest absolute Gasteiger partial charge is 0.209 e. The quantitative estimate of drug-likeness (QED) is 0.381. The lowest BCUT2D eigenvalue weighted by atomic mass is 9.74. The van der Waals surface area contributed by atoms with Crippen molar-refractivity contribution in [3.63, 3.8) is 0 Å². The van der Waals surface area contributed by atoms with Crippen molar-refractivity contribution in [3.05, 3.63) is 68.8 Å². The maximum atomic E-state index is 13.8. The lowest BCUT2D eigenvalue weighted by Crippen LogP contribution is -2.23. The molecule has 1 N–H and O–H groups in total. The van der Waals surface area contributed by atoms with Crippen LogP contribution in [-0.2, 0) is 45.0 Å². The lowest BCUT2D eigenvalue weighted by molar-refractivity contribution is 0.472. The molecule has 188 valence electrons. The predicted octanol–water partition coefficient (Wildman–Crippen LogP) is 8.75. The molecule has 1 aliphatic rings. The summed E-state index contributed by atoms with van der Waals surface area (Å²) in [7, 11) is -3.43. The SMILES string of the molecule is CC(C)(C)c1cc2c(c(C(C)(C)C)c1)CP(=O)(O)Cc1c(cc(C(C)(C)C)cc1C(C)(C)C)C2. The minimum atomic E-state index is -3.43. The Morgan fingerprint density at radius 3 is 1.18 bits per heavy atom. The van der Waals surface area contributed by atoms with E-state index >= 15 is 0 Å². The van der Waals surface area contributed by atoms with Crippen LogP contribution in [0.2, 0.25) is 0 Å². The second kappa shape index (κ2) is 8.35. The molecule has 3 heteroatoms. The molecule has 0 amide bonds. The second-order valence-electron chi connectivity index (χ2n) is 14.7. The first kappa shape index (κ1) is 27.2. The fourth-order valence-electron chi connectivity index (χ4n) is 5.11. The van der Waals surface area contributed by atoms with Gasteiger partial charge in [0.25, 0.3) is 0 Å². The van der Waals surface area contributed by atoms with E-state index < -0.39 is 7.37 Å². The van der Waals surface area contributed by atoms with Crippen LogP contribution in [-0.4, -0.2) is 4.89 Å². The van der Waals surface area contributed by atoms with Crippen LogP contribution in [0.5, 0.6) is 0 Å². The Morgan fingerprint density at radius 2 is 0.912 bits per heavy atom. The number of hydrogen-bond acceptors (Lipinski definition) is 1. The van der Waals surface area contributed by atoms with E-state index in [1.807, 2.05) is 0 Å². The van der Waals surface area contributed by atoms with Gasteiger partial charge < -0.3 is 4.89 Å². The highest BCUT2D eigenvalue weighted by molar-refractivity contribution is 7.56. The van der Waals surface area contributed by atoms with E-state index in [1.165, 1.54) is 33.4 Å². The van der Waals surface area contributed by atoms with E-state index in [-0.39, 0.29) is 34.0 Å². The van der Waals surface area contributed by atoms with Crippen molar-refractivity contribution in [2.75, 3.05) is 0 Å². The van der Waals surface area contributed by atoms with Gasteiger partial charge in [-0.2, -0.15) is 0 Å². The molecule has 2 aromatic carbocycles. The molecule has 0 radical (unpaired) electrons. The molecule has 0 aromatic heterocycles. The third kappa shape index (κ3) is 5.71. The molecule has 0 aliphatic carbocycles. The number of fused-ring (bicyclic) bond motifs is 2. The summed E-state index contributed by atoms with van der Waals surface area (Å²) in [6, 6.07) is 9.24. The molecule has 0 saturated heterocycles. The first-order chi connectivity index (χ1) is 15.1. The molecular weight excluding hydrogens is 435 g/mol. The normalized spacial score (nSPS) is 17.0. The molecule has 1 heterocycles. The van der Waals surface area contributed by atoms with Gasteiger partial charge in [-0.05, 0) is 72.6 Å². The van der Waals surface area contributed by atoms with Gasteiger partial charge in [-0.15, -0.1) is 0 Å². The van der Waals surface area contributed by atoms with Crippen molar-refractivity contribution in [3.8, 4) is 0 Å². The molecule has 2 aromatic rings. The number of benzene rings is 2. The zero-order valence-electron chi connectivity index (χ0n) is 23.7. The Bertz CT molecular complexity index is 1050. The van der Waals surface area contributed by atoms with Crippen LogP contribution in [0.1, 0.15) is 128 Å². The van der Waals surface area contributed by atoms with Crippen LogP contribution < -0.4 is 0 Å². The van der Waals surface area contributed by atoms with Crippen molar-refractivity contribution in [1.82, 2.24) is 0 Å². The third-order valence-electron chi connectivity index (χ3n) is 7.22. The highest BCUT2D eigenvalue weighted by Gasteiger charge is 2.35. The van der Waals surface area contributed by atoms with Crippen molar-refractivity contribution in [1.29, 1.82) is 0 Å². The largest absolute Gasteiger partial charge is 0.344 e.